The maximum absolute atomic E-state index is 10.4. The standard InChI is InChI=1S/C19H27Cl2N5O/c1-5-22-19(23-7-6-17-12(2)25-26(4)13(17)3)24-11-18(27)14-8-15(20)10-16(21)9-14/h8-10,18,27H,5-7,11H2,1-4H3,(H2,22,23,24). The Bertz CT molecular complexity index is 783. The van der Waals surface area contributed by atoms with Crippen LogP contribution in [0.2, 0.25) is 10.0 Å². The number of benzene rings is 1. The maximum Gasteiger partial charge on any atom is 0.191 e. The average Bonchev–Trinajstić information content (AvgIpc) is 2.84. The number of aliphatic hydroxyl groups is 1. The molecular formula is C19H27Cl2N5O. The molecule has 0 aliphatic carbocycles. The van der Waals surface area contributed by atoms with Gasteiger partial charge in [-0.15, -0.1) is 0 Å². The number of aliphatic hydroxyl groups excluding tert-OH is 1. The molecule has 0 saturated carbocycles. The van der Waals surface area contributed by atoms with E-state index in [9.17, 15) is 5.11 Å². The minimum atomic E-state index is -0.778. The second-order valence-electron chi connectivity index (χ2n) is 6.39. The highest BCUT2D eigenvalue weighted by Gasteiger charge is 2.11. The molecule has 0 saturated heterocycles. The van der Waals surface area contributed by atoms with E-state index in [-0.39, 0.29) is 6.54 Å². The van der Waals surface area contributed by atoms with Crippen LogP contribution in [0.5, 0.6) is 0 Å². The number of guanidine groups is 1. The molecule has 148 valence electrons. The third kappa shape index (κ3) is 6.13. The van der Waals surface area contributed by atoms with Crippen molar-refractivity contribution in [2.75, 3.05) is 19.6 Å². The minimum Gasteiger partial charge on any atom is -0.386 e. The van der Waals surface area contributed by atoms with Crippen LogP contribution in [0.25, 0.3) is 0 Å². The number of aryl methyl sites for hydroxylation is 2. The van der Waals surface area contributed by atoms with Gasteiger partial charge < -0.3 is 15.7 Å². The predicted molar refractivity (Wildman–Crippen MR) is 112 cm³/mol. The first-order valence-corrected chi connectivity index (χ1v) is 9.72. The largest absolute Gasteiger partial charge is 0.386 e. The molecule has 0 aliphatic heterocycles. The van der Waals surface area contributed by atoms with Gasteiger partial charge in [0, 0.05) is 35.9 Å². The van der Waals surface area contributed by atoms with E-state index in [0.717, 1.165) is 25.2 Å². The van der Waals surface area contributed by atoms with Gasteiger partial charge in [-0.25, -0.2) is 0 Å². The maximum atomic E-state index is 10.4. The summed E-state index contributed by atoms with van der Waals surface area (Å²) in [6, 6.07) is 5.03. The topological polar surface area (TPSA) is 74.5 Å². The molecule has 0 spiro atoms. The van der Waals surface area contributed by atoms with Crippen LogP contribution in [0.1, 0.15) is 35.5 Å². The summed E-state index contributed by atoms with van der Waals surface area (Å²) in [4.78, 5) is 4.47. The summed E-state index contributed by atoms with van der Waals surface area (Å²) in [5.74, 6) is 0.656. The summed E-state index contributed by atoms with van der Waals surface area (Å²) >= 11 is 12.0. The molecule has 6 nitrogen and oxygen atoms in total. The van der Waals surface area contributed by atoms with Gasteiger partial charge in [-0.2, -0.15) is 5.10 Å². The Labute approximate surface area is 170 Å². The second kappa shape index (κ2) is 9.97. The van der Waals surface area contributed by atoms with Crippen LogP contribution < -0.4 is 10.6 Å². The first-order valence-electron chi connectivity index (χ1n) is 8.97. The summed E-state index contributed by atoms with van der Waals surface area (Å²) in [6.45, 7) is 7.75. The Balaban J connectivity index is 1.97. The van der Waals surface area contributed by atoms with Crippen LogP contribution in [0.15, 0.2) is 23.2 Å². The van der Waals surface area contributed by atoms with E-state index >= 15 is 0 Å². The molecule has 0 amide bonds. The van der Waals surface area contributed by atoms with Gasteiger partial charge in [0.05, 0.1) is 18.3 Å². The number of halogens is 2. The quantitative estimate of drug-likeness (QED) is 0.483. The summed E-state index contributed by atoms with van der Waals surface area (Å²) in [5, 5.41) is 22.3. The smallest absolute Gasteiger partial charge is 0.191 e. The van der Waals surface area contributed by atoms with Crippen molar-refractivity contribution in [3.05, 3.63) is 50.8 Å². The van der Waals surface area contributed by atoms with Crippen molar-refractivity contribution in [3.63, 3.8) is 0 Å². The van der Waals surface area contributed by atoms with E-state index in [1.165, 1.54) is 11.3 Å². The number of hydrogen-bond acceptors (Lipinski definition) is 3. The van der Waals surface area contributed by atoms with Crippen molar-refractivity contribution >= 4 is 29.2 Å². The number of aliphatic imine (C=N–C) groups is 1. The molecule has 1 unspecified atom stereocenters. The third-order valence-corrected chi connectivity index (χ3v) is 4.80. The molecule has 0 bridgehead atoms. The lowest BCUT2D eigenvalue weighted by Crippen LogP contribution is -2.38. The minimum absolute atomic E-state index is 0.205. The monoisotopic (exact) mass is 411 g/mol. The Hall–Kier alpha value is -1.76. The van der Waals surface area contributed by atoms with Crippen LogP contribution in [0.3, 0.4) is 0 Å². The van der Waals surface area contributed by atoms with Crippen molar-refractivity contribution in [1.82, 2.24) is 20.4 Å². The van der Waals surface area contributed by atoms with Gasteiger partial charge in [0.2, 0.25) is 0 Å². The van der Waals surface area contributed by atoms with Crippen molar-refractivity contribution < 1.29 is 5.11 Å². The Morgan fingerprint density at radius 2 is 1.89 bits per heavy atom. The van der Waals surface area contributed by atoms with E-state index in [1.54, 1.807) is 18.2 Å². The van der Waals surface area contributed by atoms with Crippen LogP contribution in [0, 0.1) is 13.8 Å². The summed E-state index contributed by atoms with van der Waals surface area (Å²) < 4.78 is 1.90. The van der Waals surface area contributed by atoms with Gasteiger partial charge in [-0.3, -0.25) is 9.67 Å². The van der Waals surface area contributed by atoms with Gasteiger partial charge in [0.1, 0.15) is 0 Å². The van der Waals surface area contributed by atoms with E-state index in [0.29, 0.717) is 21.6 Å². The van der Waals surface area contributed by atoms with Gasteiger partial charge in [0.15, 0.2) is 5.96 Å². The number of nitrogens with zero attached hydrogens (tertiary/aromatic N) is 3. The van der Waals surface area contributed by atoms with Crippen LogP contribution in [-0.2, 0) is 13.5 Å². The summed E-state index contributed by atoms with van der Waals surface area (Å²) in [7, 11) is 1.95. The predicted octanol–water partition coefficient (Wildman–Crippen LogP) is 3.17. The van der Waals surface area contributed by atoms with Gasteiger partial charge in [-0.05, 0) is 56.5 Å². The molecule has 1 aromatic carbocycles. The van der Waals surface area contributed by atoms with Crippen molar-refractivity contribution in [2.24, 2.45) is 12.0 Å². The molecule has 1 heterocycles. The summed E-state index contributed by atoms with van der Waals surface area (Å²) in [5.41, 5.74) is 4.11. The zero-order chi connectivity index (χ0) is 20.0. The molecule has 1 aromatic heterocycles. The van der Waals surface area contributed by atoms with Crippen LogP contribution in [-0.4, -0.2) is 40.5 Å². The number of rotatable bonds is 7. The zero-order valence-corrected chi connectivity index (χ0v) is 17.7. The molecule has 0 fully saturated rings. The molecular weight excluding hydrogens is 385 g/mol. The zero-order valence-electron chi connectivity index (χ0n) is 16.2. The third-order valence-electron chi connectivity index (χ3n) is 4.36. The molecule has 2 aromatic rings. The lowest BCUT2D eigenvalue weighted by atomic mass is 10.1. The lowest BCUT2D eigenvalue weighted by Gasteiger charge is -2.14. The molecule has 3 N–H and O–H groups in total. The van der Waals surface area contributed by atoms with Crippen molar-refractivity contribution in [1.29, 1.82) is 0 Å². The highest BCUT2D eigenvalue weighted by molar-refractivity contribution is 6.34. The second-order valence-corrected chi connectivity index (χ2v) is 7.26. The first kappa shape index (κ1) is 21.5. The normalized spacial score (nSPS) is 12.9. The van der Waals surface area contributed by atoms with E-state index in [1.807, 2.05) is 25.6 Å². The number of nitrogens with one attached hydrogen (secondary N) is 2. The van der Waals surface area contributed by atoms with Gasteiger partial charge in [0.25, 0.3) is 0 Å². The molecule has 0 aliphatic rings. The SMILES string of the molecule is CCNC(=NCC(O)c1cc(Cl)cc(Cl)c1)NCCc1c(C)nn(C)c1C. The van der Waals surface area contributed by atoms with Gasteiger partial charge in [-0.1, -0.05) is 23.2 Å². The van der Waals surface area contributed by atoms with Crippen molar-refractivity contribution in [2.45, 2.75) is 33.3 Å². The fourth-order valence-electron chi connectivity index (χ4n) is 2.88. The Morgan fingerprint density at radius 1 is 1.22 bits per heavy atom. The number of hydrogen-bond donors (Lipinski definition) is 3. The average molecular weight is 412 g/mol. The fourth-order valence-corrected chi connectivity index (χ4v) is 3.42. The molecule has 0 radical (unpaired) electrons. The van der Waals surface area contributed by atoms with E-state index in [2.05, 4.69) is 27.6 Å². The molecule has 27 heavy (non-hydrogen) atoms. The fraction of sp³-hybridized carbons (Fsp3) is 0.474. The van der Waals surface area contributed by atoms with Crippen molar-refractivity contribution in [3.8, 4) is 0 Å². The number of aromatic nitrogens is 2. The Morgan fingerprint density at radius 3 is 2.44 bits per heavy atom. The Kier molecular flexibility index (Phi) is 7.95. The van der Waals surface area contributed by atoms with Gasteiger partial charge >= 0.3 is 0 Å². The first-order chi connectivity index (χ1) is 12.8. The van der Waals surface area contributed by atoms with Crippen LogP contribution in [0.4, 0.5) is 0 Å². The highest BCUT2D eigenvalue weighted by Crippen LogP contribution is 2.23. The summed E-state index contributed by atoms with van der Waals surface area (Å²) in [6.07, 6.45) is 0.0713. The molecule has 8 heteroatoms. The highest BCUT2D eigenvalue weighted by atomic mass is 35.5. The lowest BCUT2D eigenvalue weighted by molar-refractivity contribution is 0.187. The van der Waals surface area contributed by atoms with E-state index in [4.69, 9.17) is 23.2 Å². The molecule has 2 rings (SSSR count). The van der Waals surface area contributed by atoms with Crippen LogP contribution >= 0.6 is 23.2 Å². The molecule has 1 atom stereocenters. The van der Waals surface area contributed by atoms with E-state index < -0.39 is 6.10 Å².